The number of hydrogen-bond donors (Lipinski definition) is 1. The van der Waals surface area contributed by atoms with Crippen LogP contribution in [0.5, 0.6) is 11.5 Å². The molecule has 1 aliphatic heterocycles. The lowest BCUT2D eigenvalue weighted by molar-refractivity contribution is 0.0750. The van der Waals surface area contributed by atoms with Gasteiger partial charge in [0, 0.05) is 25.7 Å². The summed E-state index contributed by atoms with van der Waals surface area (Å²) in [6, 6.07) is 6.21. The standard InChI is InChI=1S/C22H32N2O3/c1-16(2)15-23-22(25)20-14-19(26-3)8-9-21(20)27-18-10-12-24(13-11-18)17-6-4-5-7-17/h8-9,14,17-18H,1,4-7,10-13,15H2,2-3H3,(H,23,25). The fourth-order valence-electron chi connectivity index (χ4n) is 4.05. The van der Waals surface area contributed by atoms with Gasteiger partial charge >= 0.3 is 0 Å². The minimum absolute atomic E-state index is 0.156. The third kappa shape index (κ3) is 5.25. The van der Waals surface area contributed by atoms with Crippen molar-refractivity contribution in [1.29, 1.82) is 0 Å². The molecule has 1 heterocycles. The monoisotopic (exact) mass is 372 g/mol. The molecule has 1 aromatic rings. The first-order chi connectivity index (χ1) is 13.1. The Bertz CT molecular complexity index is 660. The number of nitrogens with zero attached hydrogens (tertiary/aromatic N) is 1. The molecule has 1 N–H and O–H groups in total. The van der Waals surface area contributed by atoms with Crippen LogP contribution in [-0.4, -0.2) is 49.7 Å². The molecule has 0 spiro atoms. The normalized spacial score (nSPS) is 19.0. The molecule has 2 aliphatic rings. The zero-order valence-corrected chi connectivity index (χ0v) is 16.6. The van der Waals surface area contributed by atoms with Gasteiger partial charge < -0.3 is 19.7 Å². The van der Waals surface area contributed by atoms with Crippen molar-refractivity contribution in [2.75, 3.05) is 26.7 Å². The van der Waals surface area contributed by atoms with Gasteiger partial charge in [0.15, 0.2) is 0 Å². The number of nitrogens with one attached hydrogen (secondary N) is 1. The van der Waals surface area contributed by atoms with E-state index >= 15 is 0 Å². The Morgan fingerprint density at radius 1 is 1.22 bits per heavy atom. The summed E-state index contributed by atoms with van der Waals surface area (Å²) in [6.45, 7) is 8.35. The van der Waals surface area contributed by atoms with Crippen molar-refractivity contribution in [3.8, 4) is 11.5 Å². The van der Waals surface area contributed by atoms with E-state index in [0.717, 1.165) is 37.5 Å². The molecule has 1 aliphatic carbocycles. The molecule has 1 saturated heterocycles. The average Bonchev–Trinajstić information content (AvgIpc) is 3.21. The second kappa shape index (κ2) is 9.27. The van der Waals surface area contributed by atoms with Crippen LogP contribution in [0.1, 0.15) is 55.8 Å². The maximum Gasteiger partial charge on any atom is 0.255 e. The predicted molar refractivity (Wildman–Crippen MR) is 108 cm³/mol. The van der Waals surface area contributed by atoms with Gasteiger partial charge in [0.05, 0.1) is 12.7 Å². The molecule has 148 valence electrons. The number of rotatable bonds is 7. The van der Waals surface area contributed by atoms with E-state index in [9.17, 15) is 4.79 Å². The fourth-order valence-corrected chi connectivity index (χ4v) is 4.05. The van der Waals surface area contributed by atoms with E-state index in [1.165, 1.54) is 25.7 Å². The van der Waals surface area contributed by atoms with E-state index < -0.39 is 0 Å². The first-order valence-corrected chi connectivity index (χ1v) is 10.1. The zero-order chi connectivity index (χ0) is 19.2. The highest BCUT2D eigenvalue weighted by atomic mass is 16.5. The lowest BCUT2D eigenvalue weighted by atomic mass is 10.0. The first kappa shape index (κ1) is 19.7. The van der Waals surface area contributed by atoms with Crippen molar-refractivity contribution in [3.05, 3.63) is 35.9 Å². The Kier molecular flexibility index (Phi) is 6.78. The van der Waals surface area contributed by atoms with Crippen LogP contribution in [0.2, 0.25) is 0 Å². The van der Waals surface area contributed by atoms with Crippen molar-refractivity contribution in [1.82, 2.24) is 10.2 Å². The molecule has 0 radical (unpaired) electrons. The van der Waals surface area contributed by atoms with Crippen LogP contribution < -0.4 is 14.8 Å². The third-order valence-electron chi connectivity index (χ3n) is 5.59. The van der Waals surface area contributed by atoms with Gasteiger partial charge in [-0.2, -0.15) is 0 Å². The molecule has 0 atom stereocenters. The summed E-state index contributed by atoms with van der Waals surface area (Å²) in [4.78, 5) is 15.2. The summed E-state index contributed by atoms with van der Waals surface area (Å²) in [5, 5.41) is 2.89. The van der Waals surface area contributed by atoms with Crippen LogP contribution >= 0.6 is 0 Å². The molecule has 2 fully saturated rings. The Morgan fingerprint density at radius 2 is 1.93 bits per heavy atom. The van der Waals surface area contributed by atoms with Gasteiger partial charge in [-0.25, -0.2) is 0 Å². The number of methoxy groups -OCH3 is 1. The predicted octanol–water partition coefficient (Wildman–Crippen LogP) is 3.79. The van der Waals surface area contributed by atoms with E-state index in [-0.39, 0.29) is 12.0 Å². The second-order valence-corrected chi connectivity index (χ2v) is 7.79. The summed E-state index contributed by atoms with van der Waals surface area (Å²) in [7, 11) is 1.60. The highest BCUT2D eigenvalue weighted by Crippen LogP contribution is 2.30. The van der Waals surface area contributed by atoms with Gasteiger partial charge in [-0.3, -0.25) is 4.79 Å². The molecular weight excluding hydrogens is 340 g/mol. The lowest BCUT2D eigenvalue weighted by Crippen LogP contribution is -2.43. The third-order valence-corrected chi connectivity index (χ3v) is 5.59. The van der Waals surface area contributed by atoms with Gasteiger partial charge in [-0.15, -0.1) is 0 Å². The molecule has 0 bridgehead atoms. The Labute approximate surface area is 162 Å². The molecule has 1 amide bonds. The minimum atomic E-state index is -0.157. The van der Waals surface area contributed by atoms with Crippen molar-refractivity contribution < 1.29 is 14.3 Å². The van der Waals surface area contributed by atoms with Gasteiger partial charge in [0.2, 0.25) is 0 Å². The summed E-state index contributed by atoms with van der Waals surface area (Å²) in [5.41, 5.74) is 1.43. The number of amides is 1. The van der Waals surface area contributed by atoms with Gasteiger partial charge in [0.1, 0.15) is 17.6 Å². The van der Waals surface area contributed by atoms with Crippen molar-refractivity contribution in [3.63, 3.8) is 0 Å². The summed E-state index contributed by atoms with van der Waals surface area (Å²) in [5.74, 6) is 1.13. The molecule has 1 saturated carbocycles. The van der Waals surface area contributed by atoms with Crippen LogP contribution in [-0.2, 0) is 0 Å². The van der Waals surface area contributed by atoms with Gasteiger partial charge in [-0.05, 0) is 50.8 Å². The van der Waals surface area contributed by atoms with Crippen molar-refractivity contribution in [2.45, 2.75) is 57.6 Å². The molecule has 0 unspecified atom stereocenters. The highest BCUT2D eigenvalue weighted by Gasteiger charge is 2.28. The smallest absolute Gasteiger partial charge is 0.255 e. The van der Waals surface area contributed by atoms with Crippen molar-refractivity contribution in [2.24, 2.45) is 0 Å². The van der Waals surface area contributed by atoms with E-state index in [1.54, 1.807) is 13.2 Å². The zero-order valence-electron chi connectivity index (χ0n) is 16.6. The fraction of sp³-hybridized carbons (Fsp3) is 0.591. The van der Waals surface area contributed by atoms with E-state index in [2.05, 4.69) is 16.8 Å². The number of carbonyl (C=O) groups is 1. The van der Waals surface area contributed by atoms with Crippen LogP contribution in [0.25, 0.3) is 0 Å². The molecular formula is C22H32N2O3. The van der Waals surface area contributed by atoms with Crippen LogP contribution in [0.4, 0.5) is 0 Å². The molecule has 0 aromatic heterocycles. The molecule has 3 rings (SSSR count). The Balaban J connectivity index is 1.63. The number of ether oxygens (including phenoxy) is 2. The van der Waals surface area contributed by atoms with Crippen LogP contribution in [0.3, 0.4) is 0 Å². The topological polar surface area (TPSA) is 50.8 Å². The number of piperidine rings is 1. The molecule has 27 heavy (non-hydrogen) atoms. The summed E-state index contributed by atoms with van der Waals surface area (Å²) < 4.78 is 11.5. The highest BCUT2D eigenvalue weighted by molar-refractivity contribution is 5.97. The molecule has 1 aromatic carbocycles. The van der Waals surface area contributed by atoms with E-state index in [4.69, 9.17) is 9.47 Å². The number of benzene rings is 1. The summed E-state index contributed by atoms with van der Waals surface area (Å²) in [6.07, 6.45) is 7.60. The SMILES string of the molecule is C=C(C)CNC(=O)c1cc(OC)ccc1OC1CCN(C2CCCC2)CC1. The van der Waals surface area contributed by atoms with E-state index in [1.807, 2.05) is 19.1 Å². The van der Waals surface area contributed by atoms with Gasteiger partial charge in [-0.1, -0.05) is 25.0 Å². The summed E-state index contributed by atoms with van der Waals surface area (Å²) >= 11 is 0. The quantitative estimate of drug-likeness (QED) is 0.740. The van der Waals surface area contributed by atoms with Gasteiger partial charge in [0.25, 0.3) is 5.91 Å². The maximum atomic E-state index is 12.6. The van der Waals surface area contributed by atoms with Crippen molar-refractivity contribution >= 4 is 5.91 Å². The van der Waals surface area contributed by atoms with Crippen LogP contribution in [0.15, 0.2) is 30.4 Å². The number of likely N-dealkylation sites (tertiary alicyclic amines) is 1. The number of hydrogen-bond acceptors (Lipinski definition) is 4. The lowest BCUT2D eigenvalue weighted by Gasteiger charge is -2.36. The molecule has 5 nitrogen and oxygen atoms in total. The second-order valence-electron chi connectivity index (χ2n) is 7.79. The molecule has 5 heteroatoms. The Hall–Kier alpha value is -2.01. The van der Waals surface area contributed by atoms with Crippen LogP contribution in [0, 0.1) is 0 Å². The minimum Gasteiger partial charge on any atom is -0.497 e. The first-order valence-electron chi connectivity index (χ1n) is 10.1. The maximum absolute atomic E-state index is 12.6. The van der Waals surface area contributed by atoms with E-state index in [0.29, 0.717) is 23.6 Å². The average molecular weight is 373 g/mol. The number of carbonyl (C=O) groups excluding carboxylic acids is 1. The Morgan fingerprint density at radius 3 is 2.56 bits per heavy atom. The largest absolute Gasteiger partial charge is 0.497 e.